The van der Waals surface area contributed by atoms with Crippen molar-refractivity contribution in [3.8, 4) is 34.2 Å². The van der Waals surface area contributed by atoms with E-state index in [9.17, 15) is 26.3 Å². The van der Waals surface area contributed by atoms with Gasteiger partial charge in [-0.05, 0) is 78.3 Å². The first-order valence-corrected chi connectivity index (χ1v) is 12.5. The van der Waals surface area contributed by atoms with Crippen molar-refractivity contribution in [2.75, 3.05) is 0 Å². The first kappa shape index (κ1) is 26.6. The maximum absolute atomic E-state index is 14.9. The molecule has 5 rings (SSSR count). The molecule has 0 unspecified atom stereocenters. The number of hydrogen-bond donors (Lipinski definition) is 0. The van der Waals surface area contributed by atoms with Gasteiger partial charge in [0.1, 0.15) is 11.6 Å². The average molecular weight is 536 g/mol. The van der Waals surface area contributed by atoms with Crippen LogP contribution in [0.2, 0.25) is 0 Å². The predicted octanol–water partition coefficient (Wildman–Crippen LogP) is 9.36. The van der Waals surface area contributed by atoms with E-state index in [2.05, 4.69) is 23.7 Å². The van der Waals surface area contributed by atoms with Crippen LogP contribution >= 0.6 is 0 Å². The molecule has 1 heterocycles. The van der Waals surface area contributed by atoms with Crippen LogP contribution in [0.4, 0.5) is 26.3 Å². The highest BCUT2D eigenvalue weighted by molar-refractivity contribution is 5.89. The second kappa shape index (κ2) is 10.6. The third kappa shape index (κ3) is 5.70. The lowest BCUT2D eigenvalue weighted by Crippen LogP contribution is -2.11. The van der Waals surface area contributed by atoms with Crippen molar-refractivity contribution in [1.82, 2.24) is 4.98 Å². The summed E-state index contributed by atoms with van der Waals surface area (Å²) in [7, 11) is 0. The standard InChI is InChI=1S/C32H23F6N/c1-2-19-3-5-20(6-4-19)21-7-9-22(10-8-21)23-11-12-29(39-18-23)24-15-25-17-27(33)26(13-14-32(36,37)38)31(35)30(25)28(34)16-24/h2,7-12,15-20H,1,3-6H2. The van der Waals surface area contributed by atoms with E-state index < -0.39 is 34.6 Å². The second-order valence-electron chi connectivity index (χ2n) is 9.75. The summed E-state index contributed by atoms with van der Waals surface area (Å²) < 4.78 is 81.2. The first-order chi connectivity index (χ1) is 18.6. The molecule has 0 atom stereocenters. The van der Waals surface area contributed by atoms with Gasteiger partial charge in [0.05, 0.1) is 16.6 Å². The summed E-state index contributed by atoms with van der Waals surface area (Å²) in [5, 5.41) is -0.789. The lowest BCUT2D eigenvalue weighted by molar-refractivity contribution is -0.0696. The molecule has 1 aliphatic rings. The maximum Gasteiger partial charge on any atom is 0.458 e. The zero-order valence-corrected chi connectivity index (χ0v) is 20.8. The van der Waals surface area contributed by atoms with E-state index in [0.29, 0.717) is 17.5 Å². The van der Waals surface area contributed by atoms with Crippen LogP contribution in [0, 0.1) is 35.2 Å². The Hall–Kier alpha value is -4.05. The Morgan fingerprint density at radius 2 is 1.51 bits per heavy atom. The molecule has 1 nitrogen and oxygen atoms in total. The second-order valence-corrected chi connectivity index (χ2v) is 9.75. The Kier molecular flexibility index (Phi) is 7.22. The van der Waals surface area contributed by atoms with Gasteiger partial charge in [0.15, 0.2) is 5.82 Å². The number of rotatable bonds is 4. The molecule has 0 spiro atoms. The summed E-state index contributed by atoms with van der Waals surface area (Å²) in [4.78, 5) is 4.41. The summed E-state index contributed by atoms with van der Waals surface area (Å²) >= 11 is 0. The minimum absolute atomic E-state index is 0.152. The number of halogens is 6. The zero-order valence-electron chi connectivity index (χ0n) is 20.8. The van der Waals surface area contributed by atoms with Crippen molar-refractivity contribution in [3.05, 3.63) is 102 Å². The lowest BCUT2D eigenvalue weighted by atomic mass is 9.78. The minimum atomic E-state index is -4.94. The van der Waals surface area contributed by atoms with E-state index >= 15 is 0 Å². The fraction of sp³-hybridized carbons (Fsp3) is 0.219. The molecule has 0 aliphatic heterocycles. The van der Waals surface area contributed by atoms with Gasteiger partial charge in [0.2, 0.25) is 0 Å². The van der Waals surface area contributed by atoms with Crippen molar-refractivity contribution < 1.29 is 26.3 Å². The topological polar surface area (TPSA) is 12.9 Å². The fourth-order valence-electron chi connectivity index (χ4n) is 5.18. The maximum atomic E-state index is 14.9. The van der Waals surface area contributed by atoms with Crippen LogP contribution in [0.15, 0.2) is 73.4 Å². The molecule has 0 radical (unpaired) electrons. The summed E-state index contributed by atoms with van der Waals surface area (Å²) in [6, 6.07) is 15.0. The summed E-state index contributed by atoms with van der Waals surface area (Å²) in [6.45, 7) is 3.90. The molecule has 0 saturated heterocycles. The molecular weight excluding hydrogens is 512 g/mol. The summed E-state index contributed by atoms with van der Waals surface area (Å²) in [5.74, 6) is -0.455. The van der Waals surface area contributed by atoms with Gasteiger partial charge in [0, 0.05) is 23.2 Å². The van der Waals surface area contributed by atoms with Crippen molar-refractivity contribution >= 4 is 10.8 Å². The monoisotopic (exact) mass is 535 g/mol. The Morgan fingerprint density at radius 1 is 0.821 bits per heavy atom. The highest BCUT2D eigenvalue weighted by atomic mass is 19.4. The van der Waals surface area contributed by atoms with E-state index in [4.69, 9.17) is 0 Å². The Labute approximate surface area is 222 Å². The highest BCUT2D eigenvalue weighted by Gasteiger charge is 2.24. The van der Waals surface area contributed by atoms with E-state index in [1.54, 1.807) is 12.3 Å². The molecule has 0 N–H and O–H groups in total. The van der Waals surface area contributed by atoms with E-state index in [1.807, 2.05) is 24.3 Å². The zero-order chi connectivity index (χ0) is 27.7. The van der Waals surface area contributed by atoms with Gasteiger partial charge >= 0.3 is 6.18 Å². The van der Waals surface area contributed by atoms with Crippen LogP contribution in [0.5, 0.6) is 0 Å². The quantitative estimate of drug-likeness (QED) is 0.144. The van der Waals surface area contributed by atoms with Gasteiger partial charge < -0.3 is 0 Å². The number of alkyl halides is 3. The smallest absolute Gasteiger partial charge is 0.256 e. The van der Waals surface area contributed by atoms with Gasteiger partial charge in [-0.1, -0.05) is 42.3 Å². The average Bonchev–Trinajstić information content (AvgIpc) is 2.92. The van der Waals surface area contributed by atoms with Crippen LogP contribution in [0.1, 0.15) is 42.7 Å². The lowest BCUT2D eigenvalue weighted by Gasteiger charge is -2.27. The number of benzene rings is 3. The molecule has 4 aromatic rings. The third-order valence-electron chi connectivity index (χ3n) is 7.29. The molecule has 198 valence electrons. The minimum Gasteiger partial charge on any atom is -0.256 e. The van der Waals surface area contributed by atoms with Gasteiger partial charge in [-0.2, -0.15) is 13.2 Å². The molecule has 1 saturated carbocycles. The fourth-order valence-corrected chi connectivity index (χ4v) is 5.18. The Morgan fingerprint density at radius 3 is 2.13 bits per heavy atom. The van der Waals surface area contributed by atoms with Crippen LogP contribution in [0.25, 0.3) is 33.2 Å². The van der Waals surface area contributed by atoms with Gasteiger partial charge in [0.25, 0.3) is 0 Å². The summed E-state index contributed by atoms with van der Waals surface area (Å²) in [6.07, 6.45) is 3.34. The van der Waals surface area contributed by atoms with Gasteiger partial charge in [-0.3, -0.25) is 4.98 Å². The molecule has 1 aliphatic carbocycles. The van der Waals surface area contributed by atoms with E-state index in [0.717, 1.165) is 54.9 Å². The Bertz CT molecular complexity index is 1580. The van der Waals surface area contributed by atoms with Crippen molar-refractivity contribution in [2.45, 2.75) is 37.8 Å². The van der Waals surface area contributed by atoms with Crippen molar-refractivity contribution in [3.63, 3.8) is 0 Å². The molecule has 3 aromatic carbocycles. The molecular formula is C32H23F6N. The third-order valence-corrected chi connectivity index (χ3v) is 7.29. The number of nitrogens with zero attached hydrogens (tertiary/aromatic N) is 1. The SMILES string of the molecule is C=CC1CCC(c2ccc(-c3ccc(-c4cc(F)c5c(F)c(C#CC(F)(F)F)c(F)cc5c4)nc3)cc2)CC1. The van der Waals surface area contributed by atoms with Crippen LogP contribution in [0.3, 0.4) is 0 Å². The molecule has 0 amide bonds. The molecule has 1 fully saturated rings. The van der Waals surface area contributed by atoms with Crippen molar-refractivity contribution in [1.29, 1.82) is 0 Å². The first-order valence-electron chi connectivity index (χ1n) is 12.5. The molecule has 1 aromatic heterocycles. The number of allylic oxidation sites excluding steroid dienone is 1. The highest BCUT2D eigenvalue weighted by Crippen LogP contribution is 2.37. The van der Waals surface area contributed by atoms with Gasteiger partial charge in [-0.25, -0.2) is 13.2 Å². The number of pyridine rings is 1. The van der Waals surface area contributed by atoms with Crippen LogP contribution in [-0.2, 0) is 0 Å². The largest absolute Gasteiger partial charge is 0.458 e. The number of fused-ring (bicyclic) bond motifs is 1. The molecule has 0 bridgehead atoms. The number of aromatic nitrogens is 1. The van der Waals surface area contributed by atoms with Crippen molar-refractivity contribution in [2.24, 2.45) is 5.92 Å². The Balaban J connectivity index is 1.39. The van der Waals surface area contributed by atoms with Crippen LogP contribution < -0.4 is 0 Å². The van der Waals surface area contributed by atoms with Gasteiger partial charge in [-0.15, -0.1) is 6.58 Å². The molecule has 7 heteroatoms. The van der Waals surface area contributed by atoms with E-state index in [1.165, 1.54) is 17.6 Å². The molecule has 39 heavy (non-hydrogen) atoms. The normalized spacial score (nSPS) is 17.5. The number of hydrogen-bond acceptors (Lipinski definition) is 1. The summed E-state index contributed by atoms with van der Waals surface area (Å²) in [5.41, 5.74) is 2.64. The van der Waals surface area contributed by atoms with Crippen LogP contribution in [-0.4, -0.2) is 11.2 Å². The predicted molar refractivity (Wildman–Crippen MR) is 140 cm³/mol. The van der Waals surface area contributed by atoms with E-state index in [-0.39, 0.29) is 10.9 Å².